The lowest BCUT2D eigenvalue weighted by molar-refractivity contribution is 0.274. The van der Waals surface area contributed by atoms with Crippen molar-refractivity contribution in [3.8, 4) is 0 Å². The number of rotatable bonds is 2. The zero-order valence-electron chi connectivity index (χ0n) is 14.0. The molecule has 1 aliphatic heterocycles. The molecule has 0 bridgehead atoms. The van der Waals surface area contributed by atoms with Gasteiger partial charge in [0.25, 0.3) is 5.56 Å². The van der Waals surface area contributed by atoms with Gasteiger partial charge in [-0.25, -0.2) is 9.30 Å². The zero-order chi connectivity index (χ0) is 17.5. The first-order valence-electron chi connectivity index (χ1n) is 7.66. The van der Waals surface area contributed by atoms with Crippen molar-refractivity contribution in [2.24, 2.45) is 10.7 Å². The minimum Gasteiger partial charge on any atom is -0.398 e. The summed E-state index contributed by atoms with van der Waals surface area (Å²) in [6.45, 7) is 7.41. The highest BCUT2D eigenvalue weighted by Crippen LogP contribution is 2.41. The molecule has 0 saturated heterocycles. The highest BCUT2D eigenvalue weighted by molar-refractivity contribution is 7.97. The minimum absolute atomic E-state index is 0.0813. The third-order valence-corrected chi connectivity index (χ3v) is 5.31. The summed E-state index contributed by atoms with van der Waals surface area (Å²) in [6.07, 6.45) is 1.49. The maximum Gasteiger partial charge on any atom is 0.261 e. The number of benzene rings is 1. The second kappa shape index (κ2) is 5.99. The first-order chi connectivity index (χ1) is 11.3. The number of nitrogen functional groups attached to an aromatic ring is 1. The molecule has 0 amide bonds. The summed E-state index contributed by atoms with van der Waals surface area (Å²) in [5.41, 5.74) is 14.0. The molecule has 7 heteroatoms. The van der Waals surface area contributed by atoms with E-state index in [1.807, 2.05) is 18.2 Å². The van der Waals surface area contributed by atoms with Gasteiger partial charge in [0.1, 0.15) is 11.4 Å². The fourth-order valence-electron chi connectivity index (χ4n) is 2.48. The second-order valence-corrected chi connectivity index (χ2v) is 7.79. The van der Waals surface area contributed by atoms with Gasteiger partial charge >= 0.3 is 0 Å². The number of H-pyrrole nitrogens is 1. The SMILES string of the molecule is CC(C)(C)N1Cc2cc(N=C(N)c3c(N)cc[nH]c3=O)ccc2S1. The number of nitrogens with two attached hydrogens (primary N) is 2. The predicted molar refractivity (Wildman–Crippen MR) is 99.5 cm³/mol. The first-order valence-corrected chi connectivity index (χ1v) is 8.43. The van der Waals surface area contributed by atoms with Crippen molar-refractivity contribution in [2.45, 2.75) is 37.8 Å². The molecular weight excluding hydrogens is 322 g/mol. The van der Waals surface area contributed by atoms with Gasteiger partial charge in [0.2, 0.25) is 0 Å². The van der Waals surface area contributed by atoms with E-state index in [1.165, 1.54) is 16.7 Å². The van der Waals surface area contributed by atoms with Crippen LogP contribution in [-0.4, -0.2) is 20.7 Å². The van der Waals surface area contributed by atoms with Crippen LogP contribution in [0.1, 0.15) is 31.9 Å². The average molecular weight is 343 g/mol. The lowest BCUT2D eigenvalue weighted by Crippen LogP contribution is -2.32. The van der Waals surface area contributed by atoms with Crippen LogP contribution in [0.4, 0.5) is 11.4 Å². The second-order valence-electron chi connectivity index (χ2n) is 6.72. The molecule has 6 nitrogen and oxygen atoms in total. The zero-order valence-corrected chi connectivity index (χ0v) is 14.8. The standard InChI is InChI=1S/C17H21N5OS/c1-17(2,3)22-9-10-8-11(4-5-13(10)24-22)21-15(19)14-12(18)6-7-20-16(14)23/h4-8H,9H2,1-3H3,(H2,19,21)(H3,18,20,23). The fraction of sp³-hybridized carbons (Fsp3) is 0.294. The number of pyridine rings is 1. The Morgan fingerprint density at radius 3 is 2.75 bits per heavy atom. The van der Waals surface area contributed by atoms with Crippen LogP contribution < -0.4 is 17.0 Å². The summed E-state index contributed by atoms with van der Waals surface area (Å²) in [5.74, 6) is 0.118. The quantitative estimate of drug-likeness (QED) is 0.442. The molecule has 5 N–H and O–H groups in total. The van der Waals surface area contributed by atoms with Gasteiger partial charge in [0, 0.05) is 28.9 Å². The molecule has 1 aliphatic rings. The summed E-state index contributed by atoms with van der Waals surface area (Å²) in [5, 5.41) is 0. The van der Waals surface area contributed by atoms with Crippen molar-refractivity contribution in [1.29, 1.82) is 0 Å². The van der Waals surface area contributed by atoms with E-state index < -0.39 is 0 Å². The molecule has 3 rings (SSSR count). The van der Waals surface area contributed by atoms with Crippen molar-refractivity contribution in [1.82, 2.24) is 9.29 Å². The largest absolute Gasteiger partial charge is 0.398 e. The van der Waals surface area contributed by atoms with Gasteiger partial charge in [-0.2, -0.15) is 0 Å². The molecule has 1 aromatic heterocycles. The topological polar surface area (TPSA) is 100 Å². The van der Waals surface area contributed by atoms with Crippen molar-refractivity contribution in [3.05, 3.63) is 51.9 Å². The number of anilines is 1. The lowest BCUT2D eigenvalue weighted by Gasteiger charge is -2.29. The lowest BCUT2D eigenvalue weighted by atomic mass is 10.1. The molecule has 0 atom stereocenters. The number of aromatic amines is 1. The monoisotopic (exact) mass is 343 g/mol. The highest BCUT2D eigenvalue weighted by atomic mass is 32.2. The normalized spacial score (nSPS) is 15.5. The van der Waals surface area contributed by atoms with Gasteiger partial charge in [-0.1, -0.05) is 0 Å². The molecule has 2 heterocycles. The maximum atomic E-state index is 11.9. The summed E-state index contributed by atoms with van der Waals surface area (Å²) < 4.78 is 2.33. The summed E-state index contributed by atoms with van der Waals surface area (Å²) in [4.78, 5) is 20.1. The third kappa shape index (κ3) is 3.18. The maximum absolute atomic E-state index is 11.9. The van der Waals surface area contributed by atoms with Gasteiger partial charge < -0.3 is 16.5 Å². The van der Waals surface area contributed by atoms with E-state index in [9.17, 15) is 4.79 Å². The Balaban J connectivity index is 1.92. The van der Waals surface area contributed by atoms with Gasteiger partial charge in [0.15, 0.2) is 0 Å². The molecule has 0 aliphatic carbocycles. The first kappa shape index (κ1) is 16.6. The van der Waals surface area contributed by atoms with Crippen LogP contribution in [0, 0.1) is 0 Å². The van der Waals surface area contributed by atoms with E-state index in [2.05, 4.69) is 35.1 Å². The Bertz CT molecular complexity index is 866. The number of hydrogen-bond donors (Lipinski definition) is 3. The number of nitrogens with one attached hydrogen (secondary N) is 1. The Kier molecular flexibility index (Phi) is 4.15. The molecule has 0 unspecified atom stereocenters. The van der Waals surface area contributed by atoms with Crippen molar-refractivity contribution < 1.29 is 0 Å². The molecular formula is C17H21N5OS. The molecule has 0 radical (unpaired) electrons. The Hall–Kier alpha value is -2.25. The van der Waals surface area contributed by atoms with E-state index in [1.54, 1.807) is 18.0 Å². The minimum atomic E-state index is -0.341. The van der Waals surface area contributed by atoms with Crippen LogP contribution in [0.3, 0.4) is 0 Å². The summed E-state index contributed by atoms with van der Waals surface area (Å²) >= 11 is 1.75. The van der Waals surface area contributed by atoms with Crippen molar-refractivity contribution in [3.63, 3.8) is 0 Å². The third-order valence-electron chi connectivity index (χ3n) is 3.81. The molecule has 0 spiro atoms. The molecule has 1 aromatic carbocycles. The number of nitrogens with zero attached hydrogens (tertiary/aromatic N) is 2. The Morgan fingerprint density at radius 2 is 2.08 bits per heavy atom. The van der Waals surface area contributed by atoms with E-state index in [0.717, 1.165) is 6.54 Å². The Labute approximate surface area is 145 Å². The van der Waals surface area contributed by atoms with Crippen LogP contribution in [0.5, 0.6) is 0 Å². The van der Waals surface area contributed by atoms with E-state index in [4.69, 9.17) is 11.5 Å². The average Bonchev–Trinajstić information content (AvgIpc) is 2.90. The van der Waals surface area contributed by atoms with E-state index in [0.29, 0.717) is 11.4 Å². The number of aliphatic imine (C=N–C) groups is 1. The molecule has 2 aromatic rings. The van der Waals surface area contributed by atoms with Crippen LogP contribution in [0.25, 0.3) is 0 Å². The molecule has 126 valence electrons. The predicted octanol–water partition coefficient (Wildman–Crippen LogP) is 2.62. The van der Waals surface area contributed by atoms with Crippen LogP contribution in [0.15, 0.2) is 45.1 Å². The molecule has 0 fully saturated rings. The summed E-state index contributed by atoms with van der Waals surface area (Å²) in [6, 6.07) is 7.54. The van der Waals surface area contributed by atoms with Crippen LogP contribution >= 0.6 is 11.9 Å². The van der Waals surface area contributed by atoms with E-state index >= 15 is 0 Å². The number of amidine groups is 1. The number of aromatic nitrogens is 1. The van der Waals surface area contributed by atoms with Crippen LogP contribution in [-0.2, 0) is 6.54 Å². The number of fused-ring (bicyclic) bond motifs is 1. The fourth-order valence-corrected chi connectivity index (χ4v) is 3.57. The van der Waals surface area contributed by atoms with Gasteiger partial charge in [-0.3, -0.25) is 4.79 Å². The van der Waals surface area contributed by atoms with Gasteiger partial charge in [-0.15, -0.1) is 0 Å². The molecule has 0 saturated carbocycles. The Morgan fingerprint density at radius 1 is 1.33 bits per heavy atom. The van der Waals surface area contributed by atoms with Crippen molar-refractivity contribution >= 4 is 29.2 Å². The van der Waals surface area contributed by atoms with E-state index in [-0.39, 0.29) is 22.5 Å². The smallest absolute Gasteiger partial charge is 0.261 e. The van der Waals surface area contributed by atoms with Gasteiger partial charge in [0.05, 0.1) is 5.69 Å². The van der Waals surface area contributed by atoms with Crippen LogP contribution in [0.2, 0.25) is 0 Å². The van der Waals surface area contributed by atoms with Gasteiger partial charge in [-0.05, 0) is 62.5 Å². The highest BCUT2D eigenvalue weighted by Gasteiger charge is 2.29. The van der Waals surface area contributed by atoms with Crippen molar-refractivity contribution in [2.75, 3.05) is 5.73 Å². The number of hydrogen-bond acceptors (Lipinski definition) is 5. The summed E-state index contributed by atoms with van der Waals surface area (Å²) in [7, 11) is 0. The molecule has 24 heavy (non-hydrogen) atoms.